The van der Waals surface area contributed by atoms with Gasteiger partial charge in [-0.1, -0.05) is 35.0 Å². The molecule has 0 unspecified atom stereocenters. The van der Waals surface area contributed by atoms with E-state index in [1.54, 1.807) is 28.6 Å². The molecule has 0 aliphatic rings. The number of furan rings is 1. The first kappa shape index (κ1) is 21.1. The Kier molecular flexibility index (Phi) is 8.24. The van der Waals surface area contributed by atoms with Crippen molar-refractivity contribution in [2.24, 2.45) is 7.05 Å². The number of benzene rings is 1. The zero-order valence-corrected chi connectivity index (χ0v) is 17.1. The van der Waals surface area contributed by atoms with Crippen LogP contribution in [0.5, 0.6) is 0 Å². The summed E-state index contributed by atoms with van der Waals surface area (Å²) in [7, 11) is 1.84. The predicted molar refractivity (Wildman–Crippen MR) is 107 cm³/mol. The Morgan fingerprint density at radius 2 is 2.08 bits per heavy atom. The van der Waals surface area contributed by atoms with E-state index in [4.69, 9.17) is 27.6 Å². The van der Waals surface area contributed by atoms with E-state index < -0.39 is 0 Å². The Bertz CT molecular complexity index is 839. The average molecular weight is 435 g/mol. The molecule has 1 N–H and O–H groups in total. The number of rotatable bonds is 8. The van der Waals surface area contributed by atoms with Crippen LogP contribution in [0.15, 0.2) is 39.9 Å². The highest BCUT2D eigenvalue weighted by molar-refractivity contribution is 7.99. The molecule has 0 aliphatic carbocycles. The molecule has 0 spiro atoms. The highest BCUT2D eigenvalue weighted by Gasteiger charge is 2.09. The van der Waals surface area contributed by atoms with Crippen LogP contribution < -0.4 is 5.32 Å². The quantitative estimate of drug-likeness (QED) is 0.417. The molecule has 0 radical (unpaired) electrons. The van der Waals surface area contributed by atoms with Gasteiger partial charge in [0.2, 0.25) is 5.16 Å². The normalized spacial score (nSPS) is 10.7. The maximum atomic E-state index is 6.21. The molecule has 6 nitrogen and oxygen atoms in total. The number of halogens is 3. The molecule has 2 aromatic heterocycles. The van der Waals surface area contributed by atoms with Crippen molar-refractivity contribution in [3.8, 4) is 11.3 Å². The van der Waals surface area contributed by atoms with E-state index in [-0.39, 0.29) is 12.4 Å². The predicted octanol–water partition coefficient (Wildman–Crippen LogP) is 4.47. The minimum absolute atomic E-state index is 0. The van der Waals surface area contributed by atoms with Crippen molar-refractivity contribution in [3.05, 3.63) is 46.1 Å². The van der Waals surface area contributed by atoms with Gasteiger partial charge < -0.3 is 9.73 Å². The van der Waals surface area contributed by atoms with Crippen molar-refractivity contribution in [2.45, 2.75) is 18.1 Å². The summed E-state index contributed by atoms with van der Waals surface area (Å²) >= 11 is 13.8. The number of nitrogens with zero attached hydrogens (tertiary/aromatic N) is 4. The van der Waals surface area contributed by atoms with Crippen molar-refractivity contribution in [3.63, 3.8) is 0 Å². The van der Waals surface area contributed by atoms with Gasteiger partial charge in [0.25, 0.3) is 0 Å². The number of nitrogens with one attached hydrogen (secondary N) is 1. The van der Waals surface area contributed by atoms with Crippen LogP contribution >= 0.6 is 47.4 Å². The monoisotopic (exact) mass is 433 g/mol. The largest absolute Gasteiger partial charge is 0.460 e. The van der Waals surface area contributed by atoms with Crippen molar-refractivity contribution < 1.29 is 4.42 Å². The van der Waals surface area contributed by atoms with Gasteiger partial charge in [-0.05, 0) is 53.7 Å². The van der Waals surface area contributed by atoms with Crippen molar-refractivity contribution in [1.82, 2.24) is 25.5 Å². The summed E-state index contributed by atoms with van der Waals surface area (Å²) in [6.45, 7) is 1.55. The van der Waals surface area contributed by atoms with Crippen LogP contribution in [0.2, 0.25) is 10.0 Å². The van der Waals surface area contributed by atoms with Gasteiger partial charge in [0.1, 0.15) is 11.5 Å². The molecular weight excluding hydrogens is 417 g/mol. The summed E-state index contributed by atoms with van der Waals surface area (Å²) in [4.78, 5) is 0. The second kappa shape index (κ2) is 10.2. The lowest BCUT2D eigenvalue weighted by Crippen LogP contribution is -2.14. The number of thioether (sulfide) groups is 1. The number of aryl methyl sites for hydroxylation is 1. The van der Waals surface area contributed by atoms with Gasteiger partial charge in [-0.2, -0.15) is 0 Å². The zero-order chi connectivity index (χ0) is 17.6. The van der Waals surface area contributed by atoms with E-state index in [9.17, 15) is 0 Å². The van der Waals surface area contributed by atoms with E-state index in [1.165, 1.54) is 0 Å². The Hall–Kier alpha value is -1.25. The molecule has 0 saturated heterocycles. The summed E-state index contributed by atoms with van der Waals surface area (Å²) < 4.78 is 7.52. The molecule has 0 bridgehead atoms. The molecule has 3 aromatic rings. The summed E-state index contributed by atoms with van der Waals surface area (Å²) in [5.41, 5.74) is 0.839. The summed E-state index contributed by atoms with van der Waals surface area (Å²) in [6.07, 6.45) is 1.01. The topological polar surface area (TPSA) is 68.8 Å². The Labute approximate surface area is 172 Å². The maximum absolute atomic E-state index is 6.21. The average Bonchev–Trinajstić information content (AvgIpc) is 3.20. The summed E-state index contributed by atoms with van der Waals surface area (Å²) in [5.74, 6) is 2.56. The van der Waals surface area contributed by atoms with Crippen molar-refractivity contribution >= 4 is 47.4 Å². The second-order valence-corrected chi connectivity index (χ2v) is 7.26. The van der Waals surface area contributed by atoms with Gasteiger partial charge in [0.05, 0.1) is 11.6 Å². The minimum Gasteiger partial charge on any atom is -0.460 e. The highest BCUT2D eigenvalue weighted by atomic mass is 35.5. The third-order valence-electron chi connectivity index (χ3n) is 3.47. The lowest BCUT2D eigenvalue weighted by molar-refractivity contribution is 0.494. The van der Waals surface area contributed by atoms with Crippen LogP contribution in [0.25, 0.3) is 11.3 Å². The molecule has 140 valence electrons. The molecule has 1 aromatic carbocycles. The molecule has 26 heavy (non-hydrogen) atoms. The molecule has 0 atom stereocenters. The highest BCUT2D eigenvalue weighted by Crippen LogP contribution is 2.31. The summed E-state index contributed by atoms with van der Waals surface area (Å²) in [5, 5.41) is 16.7. The van der Waals surface area contributed by atoms with E-state index in [0.29, 0.717) is 16.6 Å². The van der Waals surface area contributed by atoms with Crippen molar-refractivity contribution in [1.29, 1.82) is 0 Å². The smallest absolute Gasteiger partial charge is 0.209 e. The summed E-state index contributed by atoms with van der Waals surface area (Å²) in [6, 6.07) is 9.24. The van der Waals surface area contributed by atoms with Gasteiger partial charge in [-0.15, -0.1) is 17.5 Å². The fraction of sp³-hybridized carbons (Fsp3) is 0.312. The standard InChI is InChI=1S/C16H17Cl2N5OS.ClH/c1-23-16(20-21-22-23)25-8-2-7-19-10-12-4-6-15(24-12)13-5-3-11(17)9-14(13)18;/h3-6,9,19H,2,7-8,10H2,1H3;1H. The van der Waals surface area contributed by atoms with Crippen LogP contribution in [0, 0.1) is 0 Å². The number of tetrazole rings is 1. The van der Waals surface area contributed by atoms with Crippen LogP contribution in [0.3, 0.4) is 0 Å². The first-order valence-electron chi connectivity index (χ1n) is 7.73. The van der Waals surface area contributed by atoms with Gasteiger partial charge in [0, 0.05) is 23.4 Å². The SMILES string of the molecule is Cl.Cn1nnnc1SCCCNCc1ccc(-c2ccc(Cl)cc2Cl)o1. The van der Waals surface area contributed by atoms with E-state index >= 15 is 0 Å². The molecule has 2 heterocycles. The number of hydrogen-bond acceptors (Lipinski definition) is 6. The molecule has 0 amide bonds. The third kappa shape index (κ3) is 5.62. The molecular formula is C16H18Cl3N5OS. The van der Waals surface area contributed by atoms with E-state index in [2.05, 4.69) is 20.8 Å². The Morgan fingerprint density at radius 3 is 2.81 bits per heavy atom. The van der Waals surface area contributed by atoms with Crippen molar-refractivity contribution in [2.75, 3.05) is 12.3 Å². The number of aromatic nitrogens is 4. The molecule has 10 heteroatoms. The molecule has 0 aliphatic heterocycles. The fourth-order valence-corrected chi connectivity index (χ4v) is 3.51. The first-order chi connectivity index (χ1) is 12.1. The van der Waals surface area contributed by atoms with E-state index in [1.807, 2.05) is 25.2 Å². The number of hydrogen-bond donors (Lipinski definition) is 1. The maximum Gasteiger partial charge on any atom is 0.209 e. The lowest BCUT2D eigenvalue weighted by Gasteiger charge is -2.03. The minimum atomic E-state index is 0. The first-order valence-corrected chi connectivity index (χ1v) is 9.47. The fourth-order valence-electron chi connectivity index (χ4n) is 2.22. The Morgan fingerprint density at radius 1 is 1.23 bits per heavy atom. The third-order valence-corrected chi connectivity index (χ3v) is 5.11. The molecule has 0 fully saturated rings. The van der Waals surface area contributed by atoms with Crippen LogP contribution in [-0.4, -0.2) is 32.5 Å². The van der Waals surface area contributed by atoms with Gasteiger partial charge in [-0.25, -0.2) is 4.68 Å². The van der Waals surface area contributed by atoms with Gasteiger partial charge >= 0.3 is 0 Å². The van der Waals surface area contributed by atoms with Crippen LogP contribution in [0.4, 0.5) is 0 Å². The zero-order valence-electron chi connectivity index (χ0n) is 14.0. The molecule has 3 rings (SSSR count). The Balaban J connectivity index is 0.00000243. The van der Waals surface area contributed by atoms with Crippen LogP contribution in [-0.2, 0) is 13.6 Å². The van der Waals surface area contributed by atoms with Gasteiger partial charge in [0.15, 0.2) is 0 Å². The van der Waals surface area contributed by atoms with Crippen LogP contribution in [0.1, 0.15) is 12.2 Å². The molecule has 0 saturated carbocycles. The van der Waals surface area contributed by atoms with E-state index in [0.717, 1.165) is 41.0 Å². The van der Waals surface area contributed by atoms with Gasteiger partial charge in [-0.3, -0.25) is 0 Å². The second-order valence-electron chi connectivity index (χ2n) is 5.35. The lowest BCUT2D eigenvalue weighted by atomic mass is 10.2.